The number of hydrogen-bond donors (Lipinski definition) is 1. The van der Waals surface area contributed by atoms with Gasteiger partial charge < -0.3 is 10.2 Å². The second kappa shape index (κ2) is 8.25. The van der Waals surface area contributed by atoms with Crippen molar-refractivity contribution in [3.8, 4) is 0 Å². The topological polar surface area (TPSA) is 107 Å². The number of carbonyl (C=O) groups excluding carboxylic acids is 5. The normalized spacial score (nSPS) is 14.5. The number of likely N-dealkylation sites (N-methyl/N-ethyl adjacent to an activating group) is 2. The zero-order chi connectivity index (χ0) is 17.6. The van der Waals surface area contributed by atoms with Crippen molar-refractivity contribution >= 4 is 29.7 Å². The maximum atomic E-state index is 12.2. The number of carbonyl (C=O) groups is 5. The molecule has 0 aromatic rings. The van der Waals surface area contributed by atoms with Crippen molar-refractivity contribution in [3.63, 3.8) is 0 Å². The van der Waals surface area contributed by atoms with Gasteiger partial charge in [0, 0.05) is 19.6 Å². The van der Waals surface area contributed by atoms with Crippen molar-refractivity contribution in [2.24, 2.45) is 0 Å². The summed E-state index contributed by atoms with van der Waals surface area (Å²) in [5, 5.41) is 2.56. The number of nitrogens with zero attached hydrogens (tertiary/aromatic N) is 3. The summed E-state index contributed by atoms with van der Waals surface area (Å²) < 4.78 is 0. The highest BCUT2D eigenvalue weighted by Gasteiger charge is 2.45. The number of imide groups is 2. The molecule has 0 atom stereocenters. The second-order valence-electron chi connectivity index (χ2n) is 4.99. The lowest BCUT2D eigenvalue weighted by molar-refractivity contribution is -0.145. The van der Waals surface area contributed by atoms with Gasteiger partial charge in [-0.1, -0.05) is 6.92 Å². The van der Waals surface area contributed by atoms with E-state index < -0.39 is 30.3 Å². The number of nitrogens with one attached hydrogen (secondary N) is 1. The fourth-order valence-corrected chi connectivity index (χ4v) is 2.15. The lowest BCUT2D eigenvalue weighted by Crippen LogP contribution is -2.46. The van der Waals surface area contributed by atoms with Gasteiger partial charge in [-0.3, -0.25) is 24.1 Å². The van der Waals surface area contributed by atoms with E-state index in [9.17, 15) is 24.0 Å². The Balaban J connectivity index is 2.75. The van der Waals surface area contributed by atoms with Crippen LogP contribution in [0.5, 0.6) is 0 Å². The SMILES string of the molecule is CCCN1C(=O)C(=O)N(CC(=O)N(CC)CC(=O)NCC)C1=O. The predicted octanol–water partition coefficient (Wildman–Crippen LogP) is -0.828. The van der Waals surface area contributed by atoms with Crippen LogP contribution < -0.4 is 5.32 Å². The maximum Gasteiger partial charge on any atom is 0.334 e. The summed E-state index contributed by atoms with van der Waals surface area (Å²) in [6, 6.07) is -0.788. The molecule has 6 amide bonds. The van der Waals surface area contributed by atoms with Crippen LogP contribution in [-0.2, 0) is 19.2 Å². The molecular formula is C14H22N4O5. The Bertz CT molecular complexity index is 519. The van der Waals surface area contributed by atoms with Crippen molar-refractivity contribution in [2.45, 2.75) is 27.2 Å². The van der Waals surface area contributed by atoms with E-state index in [0.717, 1.165) is 4.90 Å². The number of amides is 6. The predicted molar refractivity (Wildman–Crippen MR) is 80.1 cm³/mol. The van der Waals surface area contributed by atoms with Gasteiger partial charge in [0.2, 0.25) is 11.8 Å². The summed E-state index contributed by atoms with van der Waals surface area (Å²) in [7, 11) is 0. The standard InChI is InChI=1S/C14H22N4O5/c1-4-7-17-12(21)13(22)18(14(17)23)9-11(20)16(6-3)8-10(19)15-5-2/h4-9H2,1-3H3,(H,15,19). The fourth-order valence-electron chi connectivity index (χ4n) is 2.15. The molecule has 1 saturated heterocycles. The van der Waals surface area contributed by atoms with E-state index in [1.807, 2.05) is 0 Å². The van der Waals surface area contributed by atoms with E-state index in [1.54, 1.807) is 20.8 Å². The van der Waals surface area contributed by atoms with E-state index in [-0.39, 0.29) is 25.5 Å². The van der Waals surface area contributed by atoms with Crippen LogP contribution in [0.4, 0.5) is 4.79 Å². The Labute approximate surface area is 134 Å². The van der Waals surface area contributed by atoms with Crippen molar-refractivity contribution in [2.75, 3.05) is 32.7 Å². The Morgan fingerprint density at radius 2 is 1.65 bits per heavy atom. The Kier molecular flexibility index (Phi) is 6.67. The molecule has 23 heavy (non-hydrogen) atoms. The minimum absolute atomic E-state index is 0.129. The molecule has 1 rings (SSSR count). The molecule has 1 heterocycles. The lowest BCUT2D eigenvalue weighted by atomic mass is 10.4. The Morgan fingerprint density at radius 1 is 1.04 bits per heavy atom. The van der Waals surface area contributed by atoms with Crippen LogP contribution in [0.1, 0.15) is 27.2 Å². The molecule has 9 nitrogen and oxygen atoms in total. The van der Waals surface area contributed by atoms with Crippen molar-refractivity contribution in [3.05, 3.63) is 0 Å². The van der Waals surface area contributed by atoms with Crippen LogP contribution in [0.3, 0.4) is 0 Å². The minimum Gasteiger partial charge on any atom is -0.355 e. The van der Waals surface area contributed by atoms with Crippen LogP contribution in [0.15, 0.2) is 0 Å². The van der Waals surface area contributed by atoms with Crippen LogP contribution in [0.2, 0.25) is 0 Å². The zero-order valence-electron chi connectivity index (χ0n) is 13.6. The largest absolute Gasteiger partial charge is 0.355 e. The first kappa shape index (κ1) is 18.6. The van der Waals surface area contributed by atoms with Gasteiger partial charge in [-0.05, 0) is 20.3 Å². The first-order valence-electron chi connectivity index (χ1n) is 7.59. The summed E-state index contributed by atoms with van der Waals surface area (Å²) in [4.78, 5) is 62.0. The van der Waals surface area contributed by atoms with Gasteiger partial charge in [0.15, 0.2) is 0 Å². The average Bonchev–Trinajstić information content (AvgIpc) is 2.71. The van der Waals surface area contributed by atoms with Gasteiger partial charge in [0.25, 0.3) is 0 Å². The van der Waals surface area contributed by atoms with E-state index >= 15 is 0 Å². The Hall–Kier alpha value is -2.45. The maximum absolute atomic E-state index is 12.2. The number of rotatable bonds is 8. The molecule has 1 fully saturated rings. The molecule has 0 aromatic heterocycles. The molecule has 9 heteroatoms. The van der Waals surface area contributed by atoms with Crippen molar-refractivity contribution in [1.82, 2.24) is 20.0 Å². The molecular weight excluding hydrogens is 304 g/mol. The van der Waals surface area contributed by atoms with Gasteiger partial charge in [-0.25, -0.2) is 9.69 Å². The molecule has 1 aliphatic rings. The average molecular weight is 326 g/mol. The third-order valence-electron chi connectivity index (χ3n) is 3.32. The van der Waals surface area contributed by atoms with Crippen molar-refractivity contribution in [1.29, 1.82) is 0 Å². The molecule has 0 spiro atoms. The van der Waals surface area contributed by atoms with E-state index in [0.29, 0.717) is 17.9 Å². The number of hydrogen-bond acceptors (Lipinski definition) is 5. The third-order valence-corrected chi connectivity index (χ3v) is 3.32. The van der Waals surface area contributed by atoms with Crippen LogP contribution in [0.25, 0.3) is 0 Å². The first-order chi connectivity index (χ1) is 10.9. The van der Waals surface area contributed by atoms with Crippen LogP contribution in [-0.4, -0.2) is 77.1 Å². The van der Waals surface area contributed by atoms with Crippen molar-refractivity contribution < 1.29 is 24.0 Å². The van der Waals surface area contributed by atoms with Gasteiger partial charge >= 0.3 is 17.8 Å². The molecule has 0 radical (unpaired) electrons. The molecule has 0 unspecified atom stereocenters. The second-order valence-corrected chi connectivity index (χ2v) is 4.99. The summed E-state index contributed by atoms with van der Waals surface area (Å²) in [5.41, 5.74) is 0. The highest BCUT2D eigenvalue weighted by atomic mass is 16.2. The van der Waals surface area contributed by atoms with Crippen LogP contribution >= 0.6 is 0 Å². The van der Waals surface area contributed by atoms with E-state index in [1.165, 1.54) is 4.90 Å². The molecule has 0 bridgehead atoms. The quantitative estimate of drug-likeness (QED) is 0.463. The van der Waals surface area contributed by atoms with Gasteiger partial charge in [-0.2, -0.15) is 0 Å². The third kappa shape index (κ3) is 4.27. The van der Waals surface area contributed by atoms with Crippen LogP contribution in [0, 0.1) is 0 Å². The summed E-state index contributed by atoms with van der Waals surface area (Å²) >= 11 is 0. The van der Waals surface area contributed by atoms with E-state index in [2.05, 4.69) is 5.32 Å². The molecule has 0 saturated carbocycles. The Morgan fingerprint density at radius 3 is 2.17 bits per heavy atom. The number of urea groups is 1. The highest BCUT2D eigenvalue weighted by Crippen LogP contribution is 2.12. The monoisotopic (exact) mass is 326 g/mol. The molecule has 128 valence electrons. The van der Waals surface area contributed by atoms with E-state index in [4.69, 9.17) is 0 Å². The van der Waals surface area contributed by atoms with Gasteiger partial charge in [0.1, 0.15) is 6.54 Å². The smallest absolute Gasteiger partial charge is 0.334 e. The first-order valence-corrected chi connectivity index (χ1v) is 7.59. The zero-order valence-corrected chi connectivity index (χ0v) is 13.6. The summed E-state index contributed by atoms with van der Waals surface area (Å²) in [6.45, 7) is 5.31. The van der Waals surface area contributed by atoms with Gasteiger partial charge in [-0.15, -0.1) is 0 Å². The highest BCUT2D eigenvalue weighted by molar-refractivity contribution is 6.45. The summed E-state index contributed by atoms with van der Waals surface area (Å²) in [5.74, 6) is -2.82. The molecule has 1 aliphatic heterocycles. The summed E-state index contributed by atoms with van der Waals surface area (Å²) in [6.07, 6.45) is 0.519. The molecule has 0 aliphatic carbocycles. The fraction of sp³-hybridized carbons (Fsp3) is 0.643. The minimum atomic E-state index is -1.01. The molecule has 0 aromatic carbocycles. The molecule has 1 N–H and O–H groups in total. The van der Waals surface area contributed by atoms with Gasteiger partial charge in [0.05, 0.1) is 6.54 Å². The lowest BCUT2D eigenvalue weighted by Gasteiger charge is -2.22.